The van der Waals surface area contributed by atoms with E-state index in [0.29, 0.717) is 18.1 Å². The number of benzene rings is 1. The van der Waals surface area contributed by atoms with E-state index >= 15 is 0 Å². The molecule has 0 aliphatic carbocycles. The Morgan fingerprint density at radius 2 is 1.93 bits per heavy atom. The van der Waals surface area contributed by atoms with Crippen molar-refractivity contribution >= 4 is 22.9 Å². The lowest BCUT2D eigenvalue weighted by Gasteiger charge is -2.12. The van der Waals surface area contributed by atoms with Crippen LogP contribution in [0.25, 0.3) is 11.2 Å². The first kappa shape index (κ1) is 18.6. The van der Waals surface area contributed by atoms with Crippen molar-refractivity contribution in [3.8, 4) is 0 Å². The van der Waals surface area contributed by atoms with Crippen molar-refractivity contribution in [1.29, 1.82) is 0 Å². The zero-order valence-corrected chi connectivity index (χ0v) is 15.5. The molecule has 2 aromatic heterocycles. The normalized spacial score (nSPS) is 11.3. The molecule has 27 heavy (non-hydrogen) atoms. The predicted molar refractivity (Wildman–Crippen MR) is 103 cm³/mol. The van der Waals surface area contributed by atoms with E-state index in [-0.39, 0.29) is 23.5 Å². The van der Waals surface area contributed by atoms with Crippen LogP contribution in [0.1, 0.15) is 10.4 Å². The van der Waals surface area contributed by atoms with Gasteiger partial charge in [0.1, 0.15) is 0 Å². The second-order valence-corrected chi connectivity index (χ2v) is 6.53. The summed E-state index contributed by atoms with van der Waals surface area (Å²) in [5.74, 6) is 0.224. The summed E-state index contributed by atoms with van der Waals surface area (Å²) in [6.45, 7) is 1.25. The van der Waals surface area contributed by atoms with Gasteiger partial charge in [-0.3, -0.25) is 23.7 Å². The molecule has 3 aromatic rings. The molecule has 0 aliphatic heterocycles. The predicted octanol–water partition coefficient (Wildman–Crippen LogP) is 0.280. The van der Waals surface area contributed by atoms with Crippen molar-refractivity contribution in [2.45, 2.75) is 6.54 Å². The van der Waals surface area contributed by atoms with Gasteiger partial charge in [-0.1, -0.05) is 30.3 Å². The summed E-state index contributed by atoms with van der Waals surface area (Å²) in [6, 6.07) is 8.84. The number of anilines is 1. The summed E-state index contributed by atoms with van der Waals surface area (Å²) in [7, 11) is 5.41. The molecule has 0 saturated carbocycles. The topological polar surface area (TPSA) is 105 Å². The largest absolute Gasteiger partial charge is 0.354 e. The Morgan fingerprint density at radius 3 is 2.59 bits per heavy atom. The zero-order valence-electron chi connectivity index (χ0n) is 15.5. The summed E-state index contributed by atoms with van der Waals surface area (Å²) in [5.41, 5.74) is -0.154. The highest BCUT2D eigenvalue weighted by Crippen LogP contribution is 2.16. The number of carbonyl (C=O) groups is 1. The van der Waals surface area contributed by atoms with Gasteiger partial charge in [-0.05, 0) is 14.1 Å². The van der Waals surface area contributed by atoms with E-state index in [9.17, 15) is 14.4 Å². The molecule has 2 N–H and O–H groups in total. The number of H-pyrrole nitrogens is 1. The number of aryl methyl sites for hydroxylation is 1. The Labute approximate surface area is 155 Å². The van der Waals surface area contributed by atoms with Crippen LogP contribution in [0.3, 0.4) is 0 Å². The van der Waals surface area contributed by atoms with Crippen LogP contribution in [0.5, 0.6) is 0 Å². The molecule has 3 rings (SSSR count). The maximum absolute atomic E-state index is 12.7. The zero-order chi connectivity index (χ0) is 19.6. The molecule has 0 saturated heterocycles. The van der Waals surface area contributed by atoms with Crippen LogP contribution in [-0.4, -0.2) is 57.0 Å². The molecule has 1 aromatic carbocycles. The first-order valence-electron chi connectivity index (χ1n) is 8.55. The SMILES string of the molecule is CN(C)CCNc1nc2c(c(=O)[nH]c(=O)n2C)n1CC(=O)c1ccccc1. The van der Waals surface area contributed by atoms with E-state index in [1.165, 1.54) is 16.2 Å². The number of aromatic nitrogens is 4. The van der Waals surface area contributed by atoms with Crippen LogP contribution in [0.4, 0.5) is 5.95 Å². The minimum absolute atomic E-state index is 0.0634. The van der Waals surface area contributed by atoms with Gasteiger partial charge in [-0.2, -0.15) is 4.98 Å². The number of aromatic amines is 1. The van der Waals surface area contributed by atoms with Gasteiger partial charge in [0.05, 0.1) is 6.54 Å². The minimum atomic E-state index is -0.567. The Morgan fingerprint density at radius 1 is 1.22 bits per heavy atom. The lowest BCUT2D eigenvalue weighted by Crippen LogP contribution is -2.29. The number of hydrogen-bond donors (Lipinski definition) is 2. The molecule has 0 amide bonds. The average molecular weight is 370 g/mol. The van der Waals surface area contributed by atoms with Crippen LogP contribution in [0.2, 0.25) is 0 Å². The number of ketones is 1. The molecule has 142 valence electrons. The summed E-state index contributed by atoms with van der Waals surface area (Å²) in [5, 5.41) is 3.15. The third-order valence-electron chi connectivity index (χ3n) is 4.25. The number of carbonyl (C=O) groups excluding carboxylic acids is 1. The molecular weight excluding hydrogens is 348 g/mol. The summed E-state index contributed by atoms with van der Waals surface area (Å²) >= 11 is 0. The fourth-order valence-electron chi connectivity index (χ4n) is 2.77. The molecule has 0 bridgehead atoms. The smallest absolute Gasteiger partial charge is 0.329 e. The second-order valence-electron chi connectivity index (χ2n) is 6.53. The quantitative estimate of drug-likeness (QED) is 0.579. The van der Waals surface area contributed by atoms with Crippen molar-refractivity contribution in [2.75, 3.05) is 32.5 Å². The lowest BCUT2D eigenvalue weighted by atomic mass is 10.1. The van der Waals surface area contributed by atoms with Gasteiger partial charge in [0, 0.05) is 25.7 Å². The molecule has 9 nitrogen and oxygen atoms in total. The lowest BCUT2D eigenvalue weighted by molar-refractivity contribution is 0.0974. The van der Waals surface area contributed by atoms with Crippen molar-refractivity contribution in [3.05, 3.63) is 56.7 Å². The number of likely N-dealkylation sites (N-methyl/N-ethyl adjacent to an activating group) is 1. The average Bonchev–Trinajstić information content (AvgIpc) is 2.99. The maximum Gasteiger partial charge on any atom is 0.329 e. The van der Waals surface area contributed by atoms with E-state index in [1.807, 2.05) is 25.1 Å². The first-order chi connectivity index (χ1) is 12.9. The van der Waals surface area contributed by atoms with Gasteiger partial charge in [0.2, 0.25) is 5.95 Å². The van der Waals surface area contributed by atoms with Gasteiger partial charge in [0.15, 0.2) is 16.9 Å². The van der Waals surface area contributed by atoms with E-state index in [0.717, 1.165) is 6.54 Å². The number of nitrogens with zero attached hydrogens (tertiary/aromatic N) is 4. The molecule has 0 aliphatic rings. The maximum atomic E-state index is 12.7. The fraction of sp³-hybridized carbons (Fsp3) is 0.333. The molecule has 0 unspecified atom stereocenters. The van der Waals surface area contributed by atoms with Gasteiger partial charge in [-0.25, -0.2) is 4.79 Å². The monoisotopic (exact) mass is 370 g/mol. The van der Waals surface area contributed by atoms with Gasteiger partial charge >= 0.3 is 5.69 Å². The third-order valence-corrected chi connectivity index (χ3v) is 4.25. The number of nitrogens with one attached hydrogen (secondary N) is 2. The van der Waals surface area contributed by atoms with Crippen molar-refractivity contribution < 1.29 is 4.79 Å². The van der Waals surface area contributed by atoms with Crippen LogP contribution in [0, 0.1) is 0 Å². The van der Waals surface area contributed by atoms with Crippen LogP contribution in [-0.2, 0) is 13.6 Å². The Kier molecular flexibility index (Phi) is 5.22. The highest BCUT2D eigenvalue weighted by molar-refractivity contribution is 5.96. The van der Waals surface area contributed by atoms with Gasteiger partial charge in [0.25, 0.3) is 5.56 Å². The highest BCUT2D eigenvalue weighted by Gasteiger charge is 2.19. The van der Waals surface area contributed by atoms with Crippen LogP contribution >= 0.6 is 0 Å². The van der Waals surface area contributed by atoms with Crippen molar-refractivity contribution in [1.82, 2.24) is 24.0 Å². The van der Waals surface area contributed by atoms with Crippen LogP contribution in [0.15, 0.2) is 39.9 Å². The highest BCUT2D eigenvalue weighted by atomic mass is 16.2. The number of rotatable bonds is 7. The van der Waals surface area contributed by atoms with Gasteiger partial charge in [-0.15, -0.1) is 0 Å². The molecule has 9 heteroatoms. The summed E-state index contributed by atoms with van der Waals surface area (Å²) in [6.07, 6.45) is 0. The summed E-state index contributed by atoms with van der Waals surface area (Å²) < 4.78 is 2.79. The number of fused-ring (bicyclic) bond motifs is 1. The Balaban J connectivity index is 2.07. The molecule has 2 heterocycles. The van der Waals surface area contributed by atoms with E-state index < -0.39 is 11.2 Å². The number of imidazole rings is 1. The standard InChI is InChI=1S/C18H22N6O3/c1-22(2)10-9-19-17-20-15-14(16(26)21-18(27)23(15)3)24(17)11-13(25)12-7-5-4-6-8-12/h4-8H,9-11H2,1-3H3,(H,19,20)(H,21,26,27). The minimum Gasteiger partial charge on any atom is -0.354 e. The molecular formula is C18H22N6O3. The summed E-state index contributed by atoms with van der Waals surface area (Å²) in [4.78, 5) is 45.6. The van der Waals surface area contributed by atoms with E-state index in [2.05, 4.69) is 15.3 Å². The number of Topliss-reactive ketones (excluding diaryl/α,β-unsaturated/α-hetero) is 1. The van der Waals surface area contributed by atoms with Gasteiger partial charge < -0.3 is 10.2 Å². The molecule has 0 fully saturated rings. The third kappa shape index (κ3) is 3.82. The molecule has 0 radical (unpaired) electrons. The second kappa shape index (κ2) is 7.58. The van der Waals surface area contributed by atoms with E-state index in [1.54, 1.807) is 24.3 Å². The molecule has 0 atom stereocenters. The van der Waals surface area contributed by atoms with Crippen molar-refractivity contribution in [2.24, 2.45) is 7.05 Å². The fourth-order valence-corrected chi connectivity index (χ4v) is 2.77. The Bertz CT molecular complexity index is 1080. The Hall–Kier alpha value is -3.20. The molecule has 0 spiro atoms. The first-order valence-corrected chi connectivity index (χ1v) is 8.55. The van der Waals surface area contributed by atoms with Crippen LogP contribution < -0.4 is 16.6 Å². The van der Waals surface area contributed by atoms with Crippen molar-refractivity contribution in [3.63, 3.8) is 0 Å². The van der Waals surface area contributed by atoms with E-state index in [4.69, 9.17) is 0 Å². The number of hydrogen-bond acceptors (Lipinski definition) is 6.